The minimum atomic E-state index is -0.398. The van der Waals surface area contributed by atoms with Gasteiger partial charge in [0, 0.05) is 30.2 Å². The first-order chi connectivity index (χ1) is 15.1. The summed E-state index contributed by atoms with van der Waals surface area (Å²) in [5.41, 5.74) is 3.70. The quantitative estimate of drug-likeness (QED) is 0.371. The van der Waals surface area contributed by atoms with E-state index < -0.39 is 5.78 Å². The predicted molar refractivity (Wildman–Crippen MR) is 130 cm³/mol. The van der Waals surface area contributed by atoms with Crippen molar-refractivity contribution in [1.29, 1.82) is 10.8 Å². The van der Waals surface area contributed by atoms with E-state index in [1.165, 1.54) is 11.8 Å². The van der Waals surface area contributed by atoms with Gasteiger partial charge in [-0.1, -0.05) is 30.3 Å². The molecule has 0 bridgehead atoms. The first-order valence-electron chi connectivity index (χ1n) is 9.95. The number of ether oxygens (including phenoxy) is 1. The minimum Gasteiger partial charge on any atom is -0.377 e. The third-order valence-corrected chi connectivity index (χ3v) is 5.06. The standard InChI is InChI=1S/C24H24N4O2S/c25-12-8-21(28-19-4-2-1-3-5-19)24(26)22(29)9-13-27-20-7-6-18(16-23(20)31)17-10-14-30-15-11-17/h1-7,10,12-13,16,25-26,31H,8-9,11,14-15H2. The molecule has 6 nitrogen and oxygen atoms in total. The van der Waals surface area contributed by atoms with Crippen LogP contribution in [0.4, 0.5) is 11.4 Å². The lowest BCUT2D eigenvalue weighted by atomic mass is 10.0. The van der Waals surface area contributed by atoms with Gasteiger partial charge in [-0.05, 0) is 41.8 Å². The number of para-hydroxylation sites is 1. The van der Waals surface area contributed by atoms with E-state index in [0.29, 0.717) is 18.0 Å². The van der Waals surface area contributed by atoms with Crippen molar-refractivity contribution < 1.29 is 9.53 Å². The average molecular weight is 433 g/mol. The van der Waals surface area contributed by atoms with Gasteiger partial charge in [0.2, 0.25) is 0 Å². The van der Waals surface area contributed by atoms with Gasteiger partial charge in [-0.2, -0.15) is 0 Å². The maximum atomic E-state index is 12.5. The van der Waals surface area contributed by atoms with E-state index in [4.69, 9.17) is 15.6 Å². The molecular weight excluding hydrogens is 408 g/mol. The molecule has 0 atom stereocenters. The summed E-state index contributed by atoms with van der Waals surface area (Å²) >= 11 is 4.52. The molecule has 1 aliphatic heterocycles. The molecule has 31 heavy (non-hydrogen) atoms. The van der Waals surface area contributed by atoms with Gasteiger partial charge in [-0.15, -0.1) is 12.6 Å². The Kier molecular flexibility index (Phi) is 8.20. The van der Waals surface area contributed by atoms with Crippen LogP contribution in [0.25, 0.3) is 5.57 Å². The second-order valence-corrected chi connectivity index (χ2v) is 7.36. The lowest BCUT2D eigenvalue weighted by Crippen LogP contribution is -2.23. The molecule has 0 saturated heterocycles. The molecule has 0 amide bonds. The Hall–Kier alpha value is -3.16. The van der Waals surface area contributed by atoms with Gasteiger partial charge in [0.15, 0.2) is 5.78 Å². The lowest BCUT2D eigenvalue weighted by molar-refractivity contribution is -0.111. The van der Waals surface area contributed by atoms with E-state index >= 15 is 0 Å². The van der Waals surface area contributed by atoms with Crippen LogP contribution in [0.15, 0.2) is 69.5 Å². The highest BCUT2D eigenvalue weighted by atomic mass is 32.1. The maximum Gasteiger partial charge on any atom is 0.187 e. The molecule has 1 heterocycles. The Morgan fingerprint density at radius 2 is 1.97 bits per heavy atom. The van der Waals surface area contributed by atoms with Crippen molar-refractivity contribution in [3.05, 3.63) is 60.2 Å². The molecule has 2 N–H and O–H groups in total. The summed E-state index contributed by atoms with van der Waals surface area (Å²) in [7, 11) is 0. The molecule has 0 spiro atoms. The SMILES string of the molecule is N=CCC(=Nc1ccccc1)C(=N)C(=O)CC=Nc1ccc(C2=CCOCC2)cc1S. The Morgan fingerprint density at radius 3 is 2.65 bits per heavy atom. The van der Waals surface area contributed by atoms with E-state index in [-0.39, 0.29) is 24.3 Å². The van der Waals surface area contributed by atoms with Gasteiger partial charge >= 0.3 is 0 Å². The van der Waals surface area contributed by atoms with E-state index in [9.17, 15) is 4.79 Å². The highest BCUT2D eigenvalue weighted by molar-refractivity contribution is 7.80. The molecule has 0 fully saturated rings. The number of aliphatic imine (C=N–C) groups is 2. The normalized spacial score (nSPS) is 14.4. The lowest BCUT2D eigenvalue weighted by Gasteiger charge is -2.14. The third-order valence-electron chi connectivity index (χ3n) is 4.70. The zero-order chi connectivity index (χ0) is 22.1. The van der Waals surface area contributed by atoms with Crippen LogP contribution in [0.5, 0.6) is 0 Å². The number of hydrogen-bond acceptors (Lipinski definition) is 7. The molecule has 7 heteroatoms. The zero-order valence-corrected chi connectivity index (χ0v) is 17.9. The molecule has 1 aliphatic rings. The van der Waals surface area contributed by atoms with Crippen molar-refractivity contribution in [2.75, 3.05) is 13.2 Å². The van der Waals surface area contributed by atoms with E-state index in [0.717, 1.165) is 29.7 Å². The molecule has 158 valence electrons. The van der Waals surface area contributed by atoms with Gasteiger partial charge in [0.25, 0.3) is 0 Å². The smallest absolute Gasteiger partial charge is 0.187 e. The van der Waals surface area contributed by atoms with Crippen LogP contribution in [0.2, 0.25) is 0 Å². The number of hydrogen-bond donors (Lipinski definition) is 3. The van der Waals surface area contributed by atoms with Crippen molar-refractivity contribution in [1.82, 2.24) is 0 Å². The molecule has 0 unspecified atom stereocenters. The molecule has 0 aliphatic carbocycles. The summed E-state index contributed by atoms with van der Waals surface area (Å²) in [6.07, 6.45) is 5.67. The van der Waals surface area contributed by atoms with Crippen LogP contribution in [0, 0.1) is 10.8 Å². The Labute approximate surface area is 187 Å². The van der Waals surface area contributed by atoms with Gasteiger partial charge in [-0.3, -0.25) is 20.2 Å². The topological polar surface area (TPSA) is 98.7 Å². The van der Waals surface area contributed by atoms with E-state index in [1.807, 2.05) is 36.4 Å². The van der Waals surface area contributed by atoms with Gasteiger partial charge in [0.05, 0.1) is 30.3 Å². The van der Waals surface area contributed by atoms with E-state index in [1.54, 1.807) is 12.1 Å². The predicted octanol–water partition coefficient (Wildman–Crippen LogP) is 5.27. The summed E-state index contributed by atoms with van der Waals surface area (Å²) in [5.74, 6) is -0.398. The van der Waals surface area contributed by atoms with Crippen LogP contribution < -0.4 is 0 Å². The Balaban J connectivity index is 1.66. The fraction of sp³-hybridized carbons (Fsp3) is 0.208. The van der Waals surface area contributed by atoms with Crippen molar-refractivity contribution in [3.8, 4) is 0 Å². The highest BCUT2D eigenvalue weighted by Gasteiger charge is 2.15. The highest BCUT2D eigenvalue weighted by Crippen LogP contribution is 2.29. The van der Waals surface area contributed by atoms with Crippen LogP contribution in [0.1, 0.15) is 24.8 Å². The maximum absolute atomic E-state index is 12.5. The number of carbonyl (C=O) groups is 1. The van der Waals surface area contributed by atoms with Crippen molar-refractivity contribution >= 4 is 59.2 Å². The van der Waals surface area contributed by atoms with Crippen LogP contribution in [-0.4, -0.2) is 42.8 Å². The molecule has 0 aromatic heterocycles. The number of rotatable bonds is 9. The fourth-order valence-corrected chi connectivity index (χ4v) is 3.34. The van der Waals surface area contributed by atoms with Crippen LogP contribution >= 0.6 is 12.6 Å². The first-order valence-corrected chi connectivity index (χ1v) is 10.4. The van der Waals surface area contributed by atoms with Gasteiger partial charge in [0.1, 0.15) is 5.71 Å². The summed E-state index contributed by atoms with van der Waals surface area (Å²) in [4.78, 5) is 21.9. The number of benzene rings is 2. The number of thiol groups is 1. The summed E-state index contributed by atoms with van der Waals surface area (Å²) in [6.45, 7) is 1.34. The Morgan fingerprint density at radius 1 is 1.16 bits per heavy atom. The first kappa shape index (κ1) is 22.5. The molecule has 0 radical (unpaired) electrons. The van der Waals surface area contributed by atoms with E-state index in [2.05, 4.69) is 28.7 Å². The number of nitrogens with one attached hydrogen (secondary N) is 2. The molecule has 2 aromatic rings. The van der Waals surface area contributed by atoms with Crippen LogP contribution in [-0.2, 0) is 9.53 Å². The number of nitrogens with zero attached hydrogens (tertiary/aromatic N) is 2. The second kappa shape index (κ2) is 11.3. The number of Topliss-reactive ketones (excluding diaryl/α,β-unsaturated/α-hetero) is 1. The Bertz CT molecular complexity index is 1060. The third kappa shape index (κ3) is 6.41. The largest absolute Gasteiger partial charge is 0.377 e. The van der Waals surface area contributed by atoms with Crippen LogP contribution in [0.3, 0.4) is 0 Å². The molecule has 3 rings (SSSR count). The molecule has 0 saturated carbocycles. The minimum absolute atomic E-state index is 0.0257. The molecular formula is C24H24N4O2S. The summed E-state index contributed by atoms with van der Waals surface area (Å²) < 4.78 is 5.35. The summed E-state index contributed by atoms with van der Waals surface area (Å²) in [5, 5.41) is 15.5. The number of ketones is 1. The number of carbonyl (C=O) groups excluding carboxylic acids is 1. The average Bonchev–Trinajstić information content (AvgIpc) is 2.80. The summed E-state index contributed by atoms with van der Waals surface area (Å²) in [6, 6.07) is 14.9. The monoisotopic (exact) mass is 432 g/mol. The molecule has 2 aromatic carbocycles. The second-order valence-electron chi connectivity index (χ2n) is 6.87. The van der Waals surface area contributed by atoms with Crippen molar-refractivity contribution in [2.24, 2.45) is 9.98 Å². The zero-order valence-electron chi connectivity index (χ0n) is 17.0. The van der Waals surface area contributed by atoms with Gasteiger partial charge < -0.3 is 10.1 Å². The van der Waals surface area contributed by atoms with Crippen molar-refractivity contribution in [3.63, 3.8) is 0 Å². The van der Waals surface area contributed by atoms with Crippen molar-refractivity contribution in [2.45, 2.75) is 24.2 Å². The fourth-order valence-electron chi connectivity index (χ4n) is 3.07. The van der Waals surface area contributed by atoms with Gasteiger partial charge in [-0.25, -0.2) is 0 Å².